The second-order valence-electron chi connectivity index (χ2n) is 5.80. The van der Waals surface area contributed by atoms with Crippen molar-refractivity contribution in [3.8, 4) is 0 Å². The second-order valence-corrected chi connectivity index (χ2v) is 5.80. The average molecular weight is 291 g/mol. The van der Waals surface area contributed by atoms with Crippen molar-refractivity contribution in [3.63, 3.8) is 0 Å². The molecule has 5 nitrogen and oxygen atoms in total. The van der Waals surface area contributed by atoms with Crippen LogP contribution in [0.4, 0.5) is 11.4 Å². The van der Waals surface area contributed by atoms with Gasteiger partial charge in [-0.1, -0.05) is 0 Å². The van der Waals surface area contributed by atoms with E-state index in [0.717, 1.165) is 17.8 Å². The molecule has 0 spiro atoms. The van der Waals surface area contributed by atoms with Crippen molar-refractivity contribution < 1.29 is 9.53 Å². The van der Waals surface area contributed by atoms with Gasteiger partial charge in [-0.25, -0.2) is 4.79 Å². The minimum atomic E-state index is -0.397. The number of likely N-dealkylation sites (tertiary alicyclic amines) is 1. The Bertz CT molecular complexity index is 510. The summed E-state index contributed by atoms with van der Waals surface area (Å²) in [5.74, 6) is -0.397. The van der Waals surface area contributed by atoms with Crippen LogP contribution in [0.2, 0.25) is 0 Å². The zero-order chi connectivity index (χ0) is 15.4. The number of nitrogens with one attached hydrogen (secondary N) is 1. The molecule has 0 radical (unpaired) electrons. The molecule has 1 aliphatic heterocycles. The molecule has 3 N–H and O–H groups in total. The third-order valence-corrected chi connectivity index (χ3v) is 3.94. The summed E-state index contributed by atoms with van der Waals surface area (Å²) in [6.07, 6.45) is 2.58. The maximum atomic E-state index is 11.8. The number of nitrogens with zero attached hydrogens (tertiary/aromatic N) is 1. The zero-order valence-electron chi connectivity index (χ0n) is 13.1. The van der Waals surface area contributed by atoms with Crippen molar-refractivity contribution in [1.82, 2.24) is 4.90 Å². The van der Waals surface area contributed by atoms with E-state index in [1.54, 1.807) is 6.07 Å². The largest absolute Gasteiger partial charge is 0.465 e. The van der Waals surface area contributed by atoms with Gasteiger partial charge in [0, 0.05) is 24.0 Å². The number of hydrogen-bond donors (Lipinski definition) is 2. The summed E-state index contributed by atoms with van der Waals surface area (Å²) in [6.45, 7) is 7.43. The fourth-order valence-electron chi connectivity index (χ4n) is 2.84. The van der Waals surface area contributed by atoms with Gasteiger partial charge in [-0.05, 0) is 57.5 Å². The SMILES string of the molecule is COC(=O)c1cc(NC(C)CN2CCCC2)cc(C)c1N. The summed E-state index contributed by atoms with van der Waals surface area (Å²) in [4.78, 5) is 14.2. The molecule has 2 rings (SSSR count). The van der Waals surface area contributed by atoms with E-state index in [1.165, 1.54) is 33.0 Å². The number of nitrogen functional groups attached to an aromatic ring is 1. The third kappa shape index (κ3) is 3.88. The molecule has 0 saturated carbocycles. The summed E-state index contributed by atoms with van der Waals surface area (Å²) >= 11 is 0. The number of aryl methyl sites for hydroxylation is 1. The Hall–Kier alpha value is -1.75. The highest BCUT2D eigenvalue weighted by Gasteiger charge is 2.17. The summed E-state index contributed by atoms with van der Waals surface area (Å²) in [7, 11) is 1.37. The van der Waals surface area contributed by atoms with Crippen molar-refractivity contribution in [2.75, 3.05) is 37.8 Å². The lowest BCUT2D eigenvalue weighted by Crippen LogP contribution is -2.33. The first-order chi connectivity index (χ1) is 10.0. The predicted molar refractivity (Wildman–Crippen MR) is 85.7 cm³/mol. The van der Waals surface area contributed by atoms with Gasteiger partial charge in [0.05, 0.1) is 12.7 Å². The van der Waals surface area contributed by atoms with Gasteiger partial charge in [-0.15, -0.1) is 0 Å². The fraction of sp³-hybridized carbons (Fsp3) is 0.562. The van der Waals surface area contributed by atoms with Crippen molar-refractivity contribution in [3.05, 3.63) is 23.3 Å². The Balaban J connectivity index is 2.08. The van der Waals surface area contributed by atoms with E-state index in [2.05, 4.69) is 17.1 Å². The van der Waals surface area contributed by atoms with Gasteiger partial charge >= 0.3 is 5.97 Å². The predicted octanol–water partition coefficient (Wildman–Crippen LogP) is 2.26. The molecule has 1 saturated heterocycles. The zero-order valence-corrected chi connectivity index (χ0v) is 13.1. The number of benzene rings is 1. The first kappa shape index (κ1) is 15.6. The minimum Gasteiger partial charge on any atom is -0.465 e. The van der Waals surface area contributed by atoms with Gasteiger partial charge in [-0.2, -0.15) is 0 Å². The number of rotatable bonds is 5. The molecule has 1 aromatic rings. The number of esters is 1. The molecule has 1 heterocycles. The fourth-order valence-corrected chi connectivity index (χ4v) is 2.84. The van der Waals surface area contributed by atoms with E-state index in [9.17, 15) is 4.79 Å². The second kappa shape index (κ2) is 6.80. The Kier molecular flexibility index (Phi) is 5.07. The highest BCUT2D eigenvalue weighted by Crippen LogP contribution is 2.24. The van der Waals surface area contributed by atoms with Crippen molar-refractivity contribution in [2.45, 2.75) is 32.7 Å². The lowest BCUT2D eigenvalue weighted by molar-refractivity contribution is 0.0602. The van der Waals surface area contributed by atoms with Crippen molar-refractivity contribution in [2.24, 2.45) is 0 Å². The van der Waals surface area contributed by atoms with Crippen molar-refractivity contribution in [1.29, 1.82) is 0 Å². The maximum Gasteiger partial charge on any atom is 0.340 e. The molecule has 1 atom stereocenters. The molecular formula is C16H25N3O2. The number of nitrogens with two attached hydrogens (primary N) is 1. The molecule has 1 fully saturated rings. The van der Waals surface area contributed by atoms with Gasteiger partial charge < -0.3 is 20.7 Å². The molecule has 1 unspecified atom stereocenters. The quantitative estimate of drug-likeness (QED) is 0.643. The lowest BCUT2D eigenvalue weighted by atomic mass is 10.1. The molecule has 0 bridgehead atoms. The Morgan fingerprint density at radius 3 is 2.71 bits per heavy atom. The van der Waals surface area contributed by atoms with Crippen LogP contribution in [0.5, 0.6) is 0 Å². The first-order valence-electron chi connectivity index (χ1n) is 7.48. The molecule has 1 aromatic carbocycles. The van der Waals surface area contributed by atoms with Crippen LogP contribution in [-0.4, -0.2) is 43.7 Å². The number of anilines is 2. The molecule has 1 aliphatic rings. The van der Waals surface area contributed by atoms with Crippen LogP contribution in [-0.2, 0) is 4.74 Å². The van der Waals surface area contributed by atoms with Gasteiger partial charge in [0.1, 0.15) is 0 Å². The standard InChI is InChI=1S/C16H25N3O2/c1-11-8-13(9-14(15(11)17)16(20)21-3)18-12(2)10-19-6-4-5-7-19/h8-9,12,18H,4-7,10,17H2,1-3H3. The van der Waals surface area contributed by atoms with Gasteiger partial charge in [-0.3, -0.25) is 0 Å². The van der Waals surface area contributed by atoms with Crippen LogP contribution >= 0.6 is 0 Å². The molecule has 116 valence electrons. The molecule has 21 heavy (non-hydrogen) atoms. The van der Waals surface area contributed by atoms with Crippen LogP contribution < -0.4 is 11.1 Å². The van der Waals surface area contributed by atoms with Crippen LogP contribution in [0.25, 0.3) is 0 Å². The van der Waals surface area contributed by atoms with E-state index < -0.39 is 5.97 Å². The highest BCUT2D eigenvalue weighted by atomic mass is 16.5. The third-order valence-electron chi connectivity index (χ3n) is 3.94. The number of carbonyl (C=O) groups is 1. The smallest absolute Gasteiger partial charge is 0.340 e. The number of hydrogen-bond acceptors (Lipinski definition) is 5. The number of methoxy groups -OCH3 is 1. The normalized spacial score (nSPS) is 16.7. The molecule has 0 aromatic heterocycles. The Labute approximate surface area is 126 Å². The Morgan fingerprint density at radius 2 is 2.10 bits per heavy atom. The van der Waals surface area contributed by atoms with E-state index in [4.69, 9.17) is 10.5 Å². The molecule has 5 heteroatoms. The first-order valence-corrected chi connectivity index (χ1v) is 7.48. The van der Waals surface area contributed by atoms with Gasteiger partial charge in [0.25, 0.3) is 0 Å². The lowest BCUT2D eigenvalue weighted by Gasteiger charge is -2.22. The summed E-state index contributed by atoms with van der Waals surface area (Å²) in [5, 5.41) is 3.45. The topological polar surface area (TPSA) is 67.6 Å². The number of carbonyl (C=O) groups excluding carboxylic acids is 1. The summed E-state index contributed by atoms with van der Waals surface area (Å²) in [6, 6.07) is 4.06. The van der Waals surface area contributed by atoms with E-state index >= 15 is 0 Å². The van der Waals surface area contributed by atoms with Crippen LogP contribution in [0.15, 0.2) is 12.1 Å². The van der Waals surface area contributed by atoms with Crippen LogP contribution in [0.1, 0.15) is 35.7 Å². The summed E-state index contributed by atoms with van der Waals surface area (Å²) in [5.41, 5.74) is 8.66. The Morgan fingerprint density at radius 1 is 1.43 bits per heavy atom. The highest BCUT2D eigenvalue weighted by molar-refractivity contribution is 5.97. The monoisotopic (exact) mass is 291 g/mol. The van der Waals surface area contributed by atoms with Gasteiger partial charge in [0.2, 0.25) is 0 Å². The molecule has 0 amide bonds. The van der Waals surface area contributed by atoms with E-state index in [0.29, 0.717) is 17.3 Å². The van der Waals surface area contributed by atoms with Crippen LogP contribution in [0, 0.1) is 6.92 Å². The molecular weight excluding hydrogens is 266 g/mol. The maximum absolute atomic E-state index is 11.8. The number of ether oxygens (including phenoxy) is 1. The summed E-state index contributed by atoms with van der Waals surface area (Å²) < 4.78 is 4.78. The minimum absolute atomic E-state index is 0.316. The van der Waals surface area contributed by atoms with E-state index in [1.807, 2.05) is 13.0 Å². The van der Waals surface area contributed by atoms with E-state index in [-0.39, 0.29) is 0 Å². The molecule has 0 aliphatic carbocycles. The van der Waals surface area contributed by atoms with Crippen LogP contribution in [0.3, 0.4) is 0 Å². The van der Waals surface area contributed by atoms with Crippen molar-refractivity contribution >= 4 is 17.3 Å². The average Bonchev–Trinajstić information content (AvgIpc) is 2.94. The van der Waals surface area contributed by atoms with Gasteiger partial charge in [0.15, 0.2) is 0 Å².